The van der Waals surface area contributed by atoms with Crippen LogP contribution in [-0.4, -0.2) is 67.6 Å². The van der Waals surface area contributed by atoms with Crippen molar-refractivity contribution in [1.29, 1.82) is 0 Å². The van der Waals surface area contributed by atoms with Gasteiger partial charge in [0.15, 0.2) is 6.10 Å². The Morgan fingerprint density at radius 1 is 0.971 bits per heavy atom. The summed E-state index contributed by atoms with van der Waals surface area (Å²) in [6, 6.07) is 16.4. The Morgan fingerprint density at radius 2 is 1.71 bits per heavy atom. The first-order valence-corrected chi connectivity index (χ1v) is 11.8. The van der Waals surface area contributed by atoms with Crippen LogP contribution >= 0.6 is 0 Å². The molecule has 2 aromatic carbocycles. The number of aliphatic carboxylic acids is 1. The number of carbonyl (C=O) groups excluding carboxylic acids is 1. The van der Waals surface area contributed by atoms with Crippen molar-refractivity contribution >= 4 is 17.7 Å². The summed E-state index contributed by atoms with van der Waals surface area (Å²) in [7, 11) is 0. The van der Waals surface area contributed by atoms with Crippen LogP contribution in [0.2, 0.25) is 0 Å². The van der Waals surface area contributed by atoms with Crippen molar-refractivity contribution in [2.24, 2.45) is 0 Å². The van der Waals surface area contributed by atoms with Crippen molar-refractivity contribution < 1.29 is 28.9 Å². The number of ether oxygens (including phenoxy) is 3. The predicted octanol–water partition coefficient (Wildman–Crippen LogP) is 4.45. The largest absolute Gasteiger partial charge is 0.492 e. The molecule has 8 nitrogen and oxygen atoms in total. The Hall–Kier alpha value is -3.10. The van der Waals surface area contributed by atoms with E-state index in [1.165, 1.54) is 0 Å². The minimum absolute atomic E-state index is 0.184. The molecule has 0 aliphatic rings. The van der Waals surface area contributed by atoms with Crippen molar-refractivity contribution in [3.8, 4) is 5.75 Å². The average molecular weight is 473 g/mol. The number of benzene rings is 2. The highest BCUT2D eigenvalue weighted by Gasteiger charge is 2.18. The zero-order valence-electron chi connectivity index (χ0n) is 20.1. The summed E-state index contributed by atoms with van der Waals surface area (Å²) in [5, 5.41) is 12.2. The van der Waals surface area contributed by atoms with Gasteiger partial charge in [-0.25, -0.2) is 9.59 Å². The number of carboxylic acid groups (broad SMARTS) is 1. The van der Waals surface area contributed by atoms with Crippen molar-refractivity contribution in [2.45, 2.75) is 39.2 Å². The third-order valence-electron chi connectivity index (χ3n) is 5.00. The summed E-state index contributed by atoms with van der Waals surface area (Å²) in [5.74, 6) is -0.321. The zero-order valence-corrected chi connectivity index (χ0v) is 20.1. The van der Waals surface area contributed by atoms with Gasteiger partial charge < -0.3 is 29.5 Å². The van der Waals surface area contributed by atoms with Gasteiger partial charge in [0, 0.05) is 38.5 Å². The Kier molecular flexibility index (Phi) is 12.5. The van der Waals surface area contributed by atoms with Crippen LogP contribution < -0.4 is 10.1 Å². The molecule has 0 saturated carbocycles. The lowest BCUT2D eigenvalue weighted by Crippen LogP contribution is -2.39. The highest BCUT2D eigenvalue weighted by molar-refractivity contribution is 5.89. The third kappa shape index (κ3) is 10.2. The second-order valence-corrected chi connectivity index (χ2v) is 7.73. The molecule has 2 aromatic rings. The number of nitrogens with one attached hydrogen (secondary N) is 1. The number of carboxylic acids is 1. The van der Waals surface area contributed by atoms with Crippen LogP contribution in [0, 0.1) is 0 Å². The minimum atomic E-state index is -0.976. The van der Waals surface area contributed by atoms with E-state index in [-0.39, 0.29) is 12.5 Å². The van der Waals surface area contributed by atoms with Gasteiger partial charge in [-0.3, -0.25) is 0 Å². The van der Waals surface area contributed by atoms with Gasteiger partial charge in [0.2, 0.25) is 0 Å². The summed E-state index contributed by atoms with van der Waals surface area (Å²) >= 11 is 0. The molecule has 0 fully saturated rings. The van der Waals surface area contributed by atoms with E-state index in [2.05, 4.69) is 12.2 Å². The normalized spacial score (nSPS) is 11.6. The van der Waals surface area contributed by atoms with Gasteiger partial charge in [-0.05, 0) is 49.6 Å². The number of carbonyl (C=O) groups is 2. The molecule has 1 atom stereocenters. The zero-order chi connectivity index (χ0) is 24.6. The lowest BCUT2D eigenvalue weighted by molar-refractivity contribution is -0.149. The quantitative estimate of drug-likeness (QED) is 0.351. The van der Waals surface area contributed by atoms with Gasteiger partial charge >= 0.3 is 12.0 Å². The molecule has 0 radical (unpaired) electrons. The molecule has 2 rings (SSSR count). The predicted molar refractivity (Wildman–Crippen MR) is 131 cm³/mol. The van der Waals surface area contributed by atoms with E-state index in [0.717, 1.165) is 24.1 Å². The molecular weight excluding hydrogens is 436 g/mol. The first-order chi connectivity index (χ1) is 16.5. The fourth-order valence-corrected chi connectivity index (χ4v) is 3.27. The lowest BCUT2D eigenvalue weighted by atomic mass is 10.1. The molecule has 1 unspecified atom stereocenters. The molecule has 0 aliphatic carbocycles. The molecule has 8 heteroatoms. The van der Waals surface area contributed by atoms with E-state index in [9.17, 15) is 14.7 Å². The molecule has 0 bridgehead atoms. The van der Waals surface area contributed by atoms with E-state index in [4.69, 9.17) is 14.2 Å². The summed E-state index contributed by atoms with van der Waals surface area (Å²) < 4.78 is 16.6. The molecular formula is C26H36N2O6. The van der Waals surface area contributed by atoms with Crippen LogP contribution in [0.15, 0.2) is 54.6 Å². The Labute approximate surface area is 201 Å². The maximum atomic E-state index is 12.8. The fraction of sp³-hybridized carbons (Fsp3) is 0.462. The molecule has 0 spiro atoms. The molecule has 0 aliphatic heterocycles. The maximum Gasteiger partial charge on any atom is 0.333 e. The Bertz CT molecular complexity index is 844. The monoisotopic (exact) mass is 472 g/mol. The second-order valence-electron chi connectivity index (χ2n) is 7.73. The second kappa shape index (κ2) is 15.7. The van der Waals surface area contributed by atoms with E-state index in [1.807, 2.05) is 42.5 Å². The van der Waals surface area contributed by atoms with E-state index < -0.39 is 12.1 Å². The van der Waals surface area contributed by atoms with Gasteiger partial charge in [-0.15, -0.1) is 0 Å². The summed E-state index contributed by atoms with van der Waals surface area (Å²) in [4.78, 5) is 25.8. The lowest BCUT2D eigenvalue weighted by Gasteiger charge is -2.23. The van der Waals surface area contributed by atoms with Crippen molar-refractivity contribution in [3.05, 3.63) is 60.2 Å². The van der Waals surface area contributed by atoms with Crippen LogP contribution in [0.4, 0.5) is 10.5 Å². The number of amides is 2. The summed E-state index contributed by atoms with van der Waals surface area (Å²) in [6.45, 7) is 6.79. The smallest absolute Gasteiger partial charge is 0.333 e. The number of rotatable bonds is 16. The highest BCUT2D eigenvalue weighted by atomic mass is 16.5. The van der Waals surface area contributed by atoms with Gasteiger partial charge in [0.25, 0.3) is 0 Å². The number of para-hydroxylation sites is 1. The maximum absolute atomic E-state index is 12.8. The van der Waals surface area contributed by atoms with Crippen molar-refractivity contribution in [2.75, 3.05) is 44.8 Å². The average Bonchev–Trinajstić information content (AvgIpc) is 2.84. The number of urea groups is 1. The summed E-state index contributed by atoms with van der Waals surface area (Å²) in [5.41, 5.74) is 1.59. The molecule has 0 heterocycles. The van der Waals surface area contributed by atoms with E-state index in [0.29, 0.717) is 45.3 Å². The number of hydrogen-bond donors (Lipinski definition) is 2. The number of nitrogens with zero attached hydrogens (tertiary/aromatic N) is 1. The molecule has 2 amide bonds. The van der Waals surface area contributed by atoms with Crippen LogP contribution in [-0.2, 0) is 20.7 Å². The first-order valence-electron chi connectivity index (χ1n) is 11.8. The highest BCUT2D eigenvalue weighted by Crippen LogP contribution is 2.15. The summed E-state index contributed by atoms with van der Waals surface area (Å²) in [6.07, 6.45) is 1.13. The van der Waals surface area contributed by atoms with Gasteiger partial charge in [0.05, 0.1) is 6.54 Å². The van der Waals surface area contributed by atoms with Crippen molar-refractivity contribution in [3.63, 3.8) is 0 Å². The number of anilines is 1. The SMILES string of the molecule is CCCOCCCN(CCOc1ccc(CC(OCC)C(=O)O)cc1)C(=O)Nc1ccccc1. The van der Waals surface area contributed by atoms with Gasteiger partial charge in [-0.1, -0.05) is 37.3 Å². The Balaban J connectivity index is 1.87. The fourth-order valence-electron chi connectivity index (χ4n) is 3.27. The number of hydrogen-bond acceptors (Lipinski definition) is 5. The topological polar surface area (TPSA) is 97.3 Å². The Morgan fingerprint density at radius 3 is 2.35 bits per heavy atom. The van der Waals surface area contributed by atoms with Crippen molar-refractivity contribution in [1.82, 2.24) is 4.90 Å². The first kappa shape index (κ1) is 27.1. The van der Waals surface area contributed by atoms with Crippen LogP contribution in [0.3, 0.4) is 0 Å². The standard InChI is InChI=1S/C26H36N2O6/c1-3-17-32-18-8-15-28(26(31)27-22-9-6-5-7-10-22)16-19-34-23-13-11-21(12-14-23)20-24(25(29)30)33-4-2/h5-7,9-14,24H,3-4,8,15-20H2,1-2H3,(H,27,31)(H,29,30). The van der Waals surface area contributed by atoms with Gasteiger partial charge in [-0.2, -0.15) is 0 Å². The van der Waals surface area contributed by atoms with E-state index >= 15 is 0 Å². The minimum Gasteiger partial charge on any atom is -0.492 e. The molecule has 0 aromatic heterocycles. The molecule has 0 saturated heterocycles. The molecule has 34 heavy (non-hydrogen) atoms. The van der Waals surface area contributed by atoms with Crippen LogP contribution in [0.5, 0.6) is 5.75 Å². The van der Waals surface area contributed by atoms with E-state index in [1.54, 1.807) is 24.0 Å². The third-order valence-corrected chi connectivity index (χ3v) is 5.00. The molecule has 2 N–H and O–H groups in total. The van der Waals surface area contributed by atoms with Gasteiger partial charge in [0.1, 0.15) is 12.4 Å². The van der Waals surface area contributed by atoms with Crippen LogP contribution in [0.1, 0.15) is 32.3 Å². The van der Waals surface area contributed by atoms with Crippen LogP contribution in [0.25, 0.3) is 0 Å². The molecule has 186 valence electrons.